The molecule has 2 atom stereocenters. The van der Waals surface area contributed by atoms with Crippen LogP contribution < -0.4 is 5.32 Å². The Hall–Kier alpha value is -2.08. The van der Waals surface area contributed by atoms with Gasteiger partial charge in [-0.3, -0.25) is 14.4 Å². The maximum absolute atomic E-state index is 12.3. The number of aliphatic carboxylic acids is 1. The van der Waals surface area contributed by atoms with E-state index < -0.39 is 11.9 Å². The molecule has 0 radical (unpaired) electrons. The van der Waals surface area contributed by atoms with Gasteiger partial charge in [0.1, 0.15) is 0 Å². The van der Waals surface area contributed by atoms with E-state index in [0.717, 1.165) is 0 Å². The second kappa shape index (κ2) is 8.85. The number of piperidine rings is 1. The van der Waals surface area contributed by atoms with Crippen molar-refractivity contribution in [3.63, 3.8) is 0 Å². The number of amides is 2. The summed E-state index contributed by atoms with van der Waals surface area (Å²) in [5.41, 5.74) is 0.518. The number of hydrogen-bond acceptors (Lipinski definition) is 3. The Kier molecular flexibility index (Phi) is 6.82. The first-order valence-corrected chi connectivity index (χ1v) is 8.79. The Morgan fingerprint density at radius 3 is 2.56 bits per heavy atom. The third-order valence-corrected chi connectivity index (χ3v) is 4.57. The standard InChI is InChI=1S/C18H23ClN2O4/c1-12-9-14(18(24)25)11-21(10-12)16(22)3-2-8-20-17(23)13-4-6-15(19)7-5-13/h4-7,12,14H,2-3,8-11H2,1H3,(H,20,23)(H,24,25). The van der Waals surface area contributed by atoms with Crippen molar-refractivity contribution in [2.75, 3.05) is 19.6 Å². The number of nitrogens with zero attached hydrogens (tertiary/aromatic N) is 1. The molecule has 1 fully saturated rings. The first-order chi connectivity index (χ1) is 11.9. The number of benzene rings is 1. The van der Waals surface area contributed by atoms with E-state index in [0.29, 0.717) is 42.9 Å². The van der Waals surface area contributed by atoms with Gasteiger partial charge in [-0.2, -0.15) is 0 Å². The lowest BCUT2D eigenvalue weighted by Gasteiger charge is -2.34. The van der Waals surface area contributed by atoms with Crippen molar-refractivity contribution in [1.82, 2.24) is 10.2 Å². The summed E-state index contributed by atoms with van der Waals surface area (Å²) in [6.45, 7) is 3.22. The molecule has 0 saturated carbocycles. The summed E-state index contributed by atoms with van der Waals surface area (Å²) in [7, 11) is 0. The molecule has 0 aliphatic carbocycles. The lowest BCUT2D eigenvalue weighted by Crippen LogP contribution is -2.45. The number of carbonyl (C=O) groups is 3. The van der Waals surface area contributed by atoms with E-state index in [-0.39, 0.29) is 24.3 Å². The van der Waals surface area contributed by atoms with Gasteiger partial charge in [-0.15, -0.1) is 0 Å². The van der Waals surface area contributed by atoms with Gasteiger partial charge >= 0.3 is 5.97 Å². The quantitative estimate of drug-likeness (QED) is 0.757. The summed E-state index contributed by atoms with van der Waals surface area (Å²) >= 11 is 5.78. The molecule has 1 saturated heterocycles. The van der Waals surface area contributed by atoms with Gasteiger partial charge < -0.3 is 15.3 Å². The fourth-order valence-electron chi connectivity index (χ4n) is 3.04. The molecule has 136 valence electrons. The van der Waals surface area contributed by atoms with Crippen molar-refractivity contribution >= 4 is 29.4 Å². The minimum Gasteiger partial charge on any atom is -0.481 e. The molecular weight excluding hydrogens is 344 g/mol. The zero-order valence-corrected chi connectivity index (χ0v) is 15.0. The zero-order valence-electron chi connectivity index (χ0n) is 14.2. The van der Waals surface area contributed by atoms with Crippen LogP contribution in [0.5, 0.6) is 0 Å². The van der Waals surface area contributed by atoms with Crippen LogP contribution in [0.4, 0.5) is 0 Å². The molecule has 2 unspecified atom stereocenters. The summed E-state index contributed by atoms with van der Waals surface area (Å²) < 4.78 is 0. The van der Waals surface area contributed by atoms with Gasteiger partial charge in [0, 0.05) is 36.6 Å². The first-order valence-electron chi connectivity index (χ1n) is 8.41. The van der Waals surface area contributed by atoms with Crippen LogP contribution in [0.1, 0.15) is 36.5 Å². The minimum absolute atomic E-state index is 0.0569. The zero-order chi connectivity index (χ0) is 18.4. The summed E-state index contributed by atoms with van der Waals surface area (Å²) in [4.78, 5) is 37.0. The maximum atomic E-state index is 12.3. The number of hydrogen-bond donors (Lipinski definition) is 2. The fraction of sp³-hybridized carbons (Fsp3) is 0.500. The predicted molar refractivity (Wildman–Crippen MR) is 94.5 cm³/mol. The van der Waals surface area contributed by atoms with Crippen molar-refractivity contribution in [3.05, 3.63) is 34.9 Å². The van der Waals surface area contributed by atoms with Gasteiger partial charge in [-0.05, 0) is 43.0 Å². The van der Waals surface area contributed by atoms with Crippen LogP contribution in [-0.2, 0) is 9.59 Å². The summed E-state index contributed by atoms with van der Waals surface area (Å²) in [5.74, 6) is -1.42. The molecule has 1 heterocycles. The third-order valence-electron chi connectivity index (χ3n) is 4.32. The second-order valence-corrected chi connectivity index (χ2v) is 6.98. The lowest BCUT2D eigenvalue weighted by atomic mass is 9.90. The molecule has 25 heavy (non-hydrogen) atoms. The Bertz CT molecular complexity index is 632. The molecule has 0 spiro atoms. The number of likely N-dealkylation sites (tertiary alicyclic amines) is 1. The number of carbonyl (C=O) groups excluding carboxylic acids is 2. The van der Waals surface area contributed by atoms with Gasteiger partial charge in [-0.1, -0.05) is 18.5 Å². The highest BCUT2D eigenvalue weighted by atomic mass is 35.5. The largest absolute Gasteiger partial charge is 0.481 e. The lowest BCUT2D eigenvalue weighted by molar-refractivity contribution is -0.146. The smallest absolute Gasteiger partial charge is 0.308 e. The molecule has 2 N–H and O–H groups in total. The highest BCUT2D eigenvalue weighted by Crippen LogP contribution is 2.22. The third kappa shape index (κ3) is 5.74. The summed E-state index contributed by atoms with van der Waals surface area (Å²) in [6.07, 6.45) is 1.41. The van der Waals surface area contributed by atoms with Crippen molar-refractivity contribution in [2.24, 2.45) is 11.8 Å². The average molecular weight is 367 g/mol. The van der Waals surface area contributed by atoms with Gasteiger partial charge in [0.2, 0.25) is 5.91 Å². The monoisotopic (exact) mass is 366 g/mol. The van der Waals surface area contributed by atoms with Crippen LogP contribution in [0.2, 0.25) is 5.02 Å². The van der Waals surface area contributed by atoms with Gasteiger partial charge in [0.25, 0.3) is 5.91 Å². The van der Waals surface area contributed by atoms with Gasteiger partial charge in [0.05, 0.1) is 5.92 Å². The molecular formula is C18H23ClN2O4. The second-order valence-electron chi connectivity index (χ2n) is 6.54. The molecule has 7 heteroatoms. The Morgan fingerprint density at radius 2 is 1.92 bits per heavy atom. The van der Waals surface area contributed by atoms with Crippen molar-refractivity contribution in [3.8, 4) is 0 Å². The molecule has 2 amide bonds. The number of halogens is 1. The molecule has 0 bridgehead atoms. The Morgan fingerprint density at radius 1 is 1.24 bits per heavy atom. The van der Waals surface area contributed by atoms with E-state index in [1.54, 1.807) is 29.2 Å². The Balaban J connectivity index is 1.73. The van der Waals surface area contributed by atoms with E-state index in [9.17, 15) is 14.4 Å². The van der Waals surface area contributed by atoms with Gasteiger partial charge in [0.15, 0.2) is 0 Å². The van der Waals surface area contributed by atoms with E-state index in [1.807, 2.05) is 6.92 Å². The van der Waals surface area contributed by atoms with Crippen LogP contribution in [0.25, 0.3) is 0 Å². The molecule has 2 rings (SSSR count). The highest BCUT2D eigenvalue weighted by molar-refractivity contribution is 6.30. The SMILES string of the molecule is CC1CC(C(=O)O)CN(C(=O)CCCNC(=O)c2ccc(Cl)cc2)C1. The highest BCUT2D eigenvalue weighted by Gasteiger charge is 2.31. The molecule has 1 aliphatic rings. The molecule has 1 aromatic rings. The van der Waals surface area contributed by atoms with Gasteiger partial charge in [-0.25, -0.2) is 0 Å². The number of carboxylic acid groups (broad SMARTS) is 1. The predicted octanol–water partition coefficient (Wildman–Crippen LogP) is 2.42. The van der Waals surface area contributed by atoms with Crippen LogP contribution in [0.15, 0.2) is 24.3 Å². The molecule has 1 aromatic carbocycles. The number of carboxylic acids is 1. The van der Waals surface area contributed by atoms with Crippen molar-refractivity contribution < 1.29 is 19.5 Å². The van der Waals surface area contributed by atoms with Crippen LogP contribution in [-0.4, -0.2) is 47.4 Å². The minimum atomic E-state index is -0.848. The van der Waals surface area contributed by atoms with Crippen LogP contribution in [0, 0.1) is 11.8 Å². The summed E-state index contributed by atoms with van der Waals surface area (Å²) in [5, 5.41) is 12.5. The van der Waals surface area contributed by atoms with Crippen molar-refractivity contribution in [2.45, 2.75) is 26.2 Å². The van der Waals surface area contributed by atoms with E-state index in [1.165, 1.54) is 0 Å². The first kappa shape index (κ1) is 19.2. The van der Waals surface area contributed by atoms with E-state index in [4.69, 9.17) is 16.7 Å². The molecule has 6 nitrogen and oxygen atoms in total. The average Bonchev–Trinajstić information content (AvgIpc) is 2.58. The topological polar surface area (TPSA) is 86.7 Å². The number of nitrogens with one attached hydrogen (secondary N) is 1. The van der Waals surface area contributed by atoms with Crippen LogP contribution in [0.3, 0.4) is 0 Å². The van der Waals surface area contributed by atoms with E-state index in [2.05, 4.69) is 5.32 Å². The maximum Gasteiger partial charge on any atom is 0.308 e. The molecule has 0 aromatic heterocycles. The Labute approximate surface area is 152 Å². The van der Waals surface area contributed by atoms with Crippen molar-refractivity contribution in [1.29, 1.82) is 0 Å². The van der Waals surface area contributed by atoms with Crippen LogP contribution >= 0.6 is 11.6 Å². The normalized spacial score (nSPS) is 20.2. The summed E-state index contributed by atoms with van der Waals surface area (Å²) in [6, 6.07) is 6.58. The van der Waals surface area contributed by atoms with E-state index >= 15 is 0 Å². The molecule has 1 aliphatic heterocycles. The fourth-order valence-corrected chi connectivity index (χ4v) is 3.16. The number of rotatable bonds is 6.